The maximum Gasteiger partial charge on any atom is 0.256 e. The van der Waals surface area contributed by atoms with Gasteiger partial charge in [-0.2, -0.15) is 4.31 Å². The molecule has 2 aliphatic rings. The summed E-state index contributed by atoms with van der Waals surface area (Å²) in [5, 5.41) is 2.79. The van der Waals surface area contributed by atoms with E-state index in [9.17, 15) is 13.2 Å². The molecule has 1 fully saturated rings. The number of fused-ring (bicyclic) bond motifs is 1. The third-order valence-corrected chi connectivity index (χ3v) is 6.59. The Morgan fingerprint density at radius 3 is 2.65 bits per heavy atom. The summed E-state index contributed by atoms with van der Waals surface area (Å²) in [4.78, 5) is 12.3. The molecule has 0 saturated carbocycles. The van der Waals surface area contributed by atoms with Crippen LogP contribution in [0.5, 0.6) is 0 Å². The predicted octanol–water partition coefficient (Wildman–Crippen LogP) is 3.00. The maximum atomic E-state index is 13.0. The van der Waals surface area contributed by atoms with E-state index in [1.165, 1.54) is 0 Å². The Balaban J connectivity index is 2.06. The molecule has 0 radical (unpaired) electrons. The van der Waals surface area contributed by atoms with Crippen molar-refractivity contribution in [1.82, 2.24) is 4.31 Å². The van der Waals surface area contributed by atoms with Gasteiger partial charge in [0.15, 0.2) is 0 Å². The summed E-state index contributed by atoms with van der Waals surface area (Å²) in [6.07, 6.45) is 2.86. The van der Waals surface area contributed by atoms with E-state index in [2.05, 4.69) is 5.32 Å². The fourth-order valence-electron chi connectivity index (χ4n) is 3.37. The van der Waals surface area contributed by atoms with E-state index in [0.717, 1.165) is 24.8 Å². The summed E-state index contributed by atoms with van der Waals surface area (Å²) < 4.78 is 27.5. The molecule has 1 amide bonds. The fourth-order valence-corrected chi connectivity index (χ4v) is 5.09. The van der Waals surface area contributed by atoms with Crippen molar-refractivity contribution < 1.29 is 13.2 Å². The second-order valence-electron chi connectivity index (χ2n) is 6.50. The van der Waals surface area contributed by atoms with Gasteiger partial charge in [0.05, 0.1) is 4.90 Å². The first-order chi connectivity index (χ1) is 10.8. The van der Waals surface area contributed by atoms with E-state index < -0.39 is 10.0 Å². The van der Waals surface area contributed by atoms with Crippen molar-refractivity contribution in [2.24, 2.45) is 0 Å². The third-order valence-electron chi connectivity index (χ3n) is 4.58. The number of hydrogen-bond acceptors (Lipinski definition) is 3. The molecule has 3 rings (SSSR count). The number of piperidine rings is 1. The zero-order valence-electron chi connectivity index (χ0n) is 13.7. The van der Waals surface area contributed by atoms with Crippen LogP contribution in [0.25, 0.3) is 5.57 Å². The molecule has 0 spiro atoms. The topological polar surface area (TPSA) is 66.5 Å². The van der Waals surface area contributed by atoms with Crippen molar-refractivity contribution in [3.8, 4) is 0 Å². The SMILES string of the molecule is CC(C)=C1C(=O)Nc2ccc(S(=O)(=O)N3CCCCC3C)cc21. The molecule has 0 aromatic heterocycles. The standard InChI is InChI=1S/C17H22N2O3S/c1-11(2)16-14-10-13(7-8-15(14)18-17(16)20)23(21,22)19-9-5-4-6-12(19)3/h7-8,10,12H,4-6,9H2,1-3H3,(H,18,20). The van der Waals surface area contributed by atoms with Crippen LogP contribution in [0.1, 0.15) is 45.6 Å². The van der Waals surface area contributed by atoms with Crippen LogP contribution >= 0.6 is 0 Å². The van der Waals surface area contributed by atoms with E-state index in [1.807, 2.05) is 20.8 Å². The monoisotopic (exact) mass is 334 g/mol. The molecule has 2 aliphatic heterocycles. The highest BCUT2D eigenvalue weighted by Gasteiger charge is 2.33. The van der Waals surface area contributed by atoms with Gasteiger partial charge >= 0.3 is 0 Å². The van der Waals surface area contributed by atoms with Crippen LogP contribution in [0, 0.1) is 0 Å². The highest BCUT2D eigenvalue weighted by atomic mass is 32.2. The molecule has 6 heteroatoms. The summed E-state index contributed by atoms with van der Waals surface area (Å²) in [6.45, 7) is 6.24. The zero-order chi connectivity index (χ0) is 16.8. The Morgan fingerprint density at radius 1 is 1.26 bits per heavy atom. The first-order valence-corrected chi connectivity index (χ1v) is 9.41. The number of nitrogens with one attached hydrogen (secondary N) is 1. The van der Waals surface area contributed by atoms with Gasteiger partial charge in [0.2, 0.25) is 10.0 Å². The van der Waals surface area contributed by atoms with E-state index in [-0.39, 0.29) is 16.8 Å². The second kappa shape index (κ2) is 5.76. The minimum absolute atomic E-state index is 0.0182. The molecule has 2 heterocycles. The Labute approximate surface area is 137 Å². The van der Waals surface area contributed by atoms with Crippen molar-refractivity contribution in [3.63, 3.8) is 0 Å². The molecule has 1 aromatic rings. The molecule has 0 aliphatic carbocycles. The lowest BCUT2D eigenvalue weighted by atomic mass is 10.0. The van der Waals surface area contributed by atoms with Gasteiger partial charge in [-0.15, -0.1) is 0 Å². The lowest BCUT2D eigenvalue weighted by Gasteiger charge is -2.32. The number of hydrogen-bond donors (Lipinski definition) is 1. The van der Waals surface area contributed by atoms with E-state index in [4.69, 9.17) is 0 Å². The number of sulfonamides is 1. The van der Waals surface area contributed by atoms with Crippen molar-refractivity contribution in [1.29, 1.82) is 0 Å². The molecular formula is C17H22N2O3S. The highest BCUT2D eigenvalue weighted by Crippen LogP contribution is 2.36. The van der Waals surface area contributed by atoms with Crippen molar-refractivity contribution in [3.05, 3.63) is 29.3 Å². The van der Waals surface area contributed by atoms with Gasteiger partial charge in [-0.1, -0.05) is 12.0 Å². The molecule has 23 heavy (non-hydrogen) atoms. The van der Waals surface area contributed by atoms with Crippen molar-refractivity contribution >= 4 is 27.2 Å². The number of allylic oxidation sites excluding steroid dienone is 1. The van der Waals surface area contributed by atoms with Crippen LogP contribution in [0.3, 0.4) is 0 Å². The molecule has 5 nitrogen and oxygen atoms in total. The molecular weight excluding hydrogens is 312 g/mol. The molecule has 1 aromatic carbocycles. The molecule has 1 saturated heterocycles. The fraction of sp³-hybridized carbons (Fsp3) is 0.471. The van der Waals surface area contributed by atoms with E-state index in [0.29, 0.717) is 23.4 Å². The van der Waals surface area contributed by atoms with Crippen LogP contribution in [-0.2, 0) is 14.8 Å². The van der Waals surface area contributed by atoms with Crippen molar-refractivity contribution in [2.75, 3.05) is 11.9 Å². The number of carbonyl (C=O) groups is 1. The van der Waals surface area contributed by atoms with E-state index in [1.54, 1.807) is 22.5 Å². The van der Waals surface area contributed by atoms with Gasteiger partial charge in [0, 0.05) is 29.4 Å². The van der Waals surface area contributed by atoms with Crippen LogP contribution < -0.4 is 5.32 Å². The largest absolute Gasteiger partial charge is 0.321 e. The normalized spacial score (nSPS) is 22.0. The van der Waals surface area contributed by atoms with Crippen LogP contribution in [0.15, 0.2) is 28.7 Å². The third kappa shape index (κ3) is 2.70. The number of nitrogens with zero attached hydrogens (tertiary/aromatic N) is 1. The molecule has 1 unspecified atom stereocenters. The Kier molecular flexibility index (Phi) is 4.06. The highest BCUT2D eigenvalue weighted by molar-refractivity contribution is 7.89. The van der Waals surface area contributed by atoms with Gasteiger partial charge in [0.1, 0.15) is 0 Å². The van der Waals surface area contributed by atoms with Gasteiger partial charge in [-0.05, 0) is 51.8 Å². The molecule has 124 valence electrons. The first kappa shape index (κ1) is 16.2. The maximum absolute atomic E-state index is 13.0. The molecule has 0 bridgehead atoms. The minimum Gasteiger partial charge on any atom is -0.321 e. The van der Waals surface area contributed by atoms with Gasteiger partial charge < -0.3 is 5.32 Å². The number of benzene rings is 1. The lowest BCUT2D eigenvalue weighted by Crippen LogP contribution is -2.41. The summed E-state index contributed by atoms with van der Waals surface area (Å²) in [7, 11) is -3.53. The smallest absolute Gasteiger partial charge is 0.256 e. The summed E-state index contributed by atoms with van der Waals surface area (Å²) in [5.41, 5.74) is 2.81. The average molecular weight is 334 g/mol. The molecule has 1 atom stereocenters. The van der Waals surface area contributed by atoms with E-state index >= 15 is 0 Å². The summed E-state index contributed by atoms with van der Waals surface area (Å²) in [5.74, 6) is -0.166. The van der Waals surface area contributed by atoms with Crippen LogP contribution in [0.4, 0.5) is 5.69 Å². The minimum atomic E-state index is -3.53. The number of anilines is 1. The summed E-state index contributed by atoms with van der Waals surface area (Å²) in [6, 6.07) is 4.92. The van der Waals surface area contributed by atoms with Crippen LogP contribution in [-0.4, -0.2) is 31.2 Å². The summed E-state index contributed by atoms with van der Waals surface area (Å²) >= 11 is 0. The number of carbonyl (C=O) groups excluding carboxylic acids is 1. The van der Waals surface area contributed by atoms with Crippen molar-refractivity contribution in [2.45, 2.75) is 51.0 Å². The Morgan fingerprint density at radius 2 is 2.00 bits per heavy atom. The lowest BCUT2D eigenvalue weighted by molar-refractivity contribution is -0.110. The van der Waals surface area contributed by atoms with Gasteiger partial charge in [-0.25, -0.2) is 8.42 Å². The first-order valence-electron chi connectivity index (χ1n) is 7.97. The zero-order valence-corrected chi connectivity index (χ0v) is 14.5. The van der Waals surface area contributed by atoms with Gasteiger partial charge in [0.25, 0.3) is 5.91 Å². The number of amides is 1. The second-order valence-corrected chi connectivity index (χ2v) is 8.39. The van der Waals surface area contributed by atoms with Gasteiger partial charge in [-0.3, -0.25) is 4.79 Å². The Hall–Kier alpha value is -1.66. The average Bonchev–Trinajstić information content (AvgIpc) is 2.82. The number of rotatable bonds is 2. The Bertz CT molecular complexity index is 792. The quantitative estimate of drug-likeness (QED) is 0.846. The predicted molar refractivity (Wildman–Crippen MR) is 90.5 cm³/mol. The van der Waals surface area contributed by atoms with Crippen LogP contribution in [0.2, 0.25) is 0 Å². The molecule has 1 N–H and O–H groups in total.